The van der Waals surface area contributed by atoms with E-state index in [1.165, 1.54) is 18.4 Å². The zero-order valence-electron chi connectivity index (χ0n) is 7.33. The van der Waals surface area contributed by atoms with Crippen molar-refractivity contribution in [1.29, 1.82) is 0 Å². The molecule has 0 spiro atoms. The SMILES string of the molecule is CO.COC(=O)c1cc([NH3+])c(Br)s1. The van der Waals surface area contributed by atoms with Gasteiger partial charge in [0.05, 0.1) is 7.11 Å². The van der Waals surface area contributed by atoms with Gasteiger partial charge < -0.3 is 15.6 Å². The van der Waals surface area contributed by atoms with Gasteiger partial charge in [-0.25, -0.2) is 4.79 Å². The Kier molecular flexibility index (Phi) is 5.89. The Labute approximate surface area is 88.4 Å². The summed E-state index contributed by atoms with van der Waals surface area (Å²) in [7, 11) is 2.36. The molecule has 0 atom stereocenters. The first-order valence-electron chi connectivity index (χ1n) is 3.29. The molecule has 0 saturated carbocycles. The van der Waals surface area contributed by atoms with E-state index < -0.39 is 0 Å². The van der Waals surface area contributed by atoms with E-state index in [0.717, 1.165) is 16.6 Å². The number of methoxy groups -OCH3 is 1. The fraction of sp³-hybridized carbons (Fsp3) is 0.286. The third kappa shape index (κ3) is 3.43. The van der Waals surface area contributed by atoms with Crippen molar-refractivity contribution >= 4 is 38.9 Å². The molecule has 1 aromatic rings. The summed E-state index contributed by atoms with van der Waals surface area (Å²) in [5.41, 5.74) is 4.53. The van der Waals surface area contributed by atoms with Gasteiger partial charge in [-0.05, 0) is 15.9 Å². The Morgan fingerprint density at radius 1 is 1.69 bits per heavy atom. The summed E-state index contributed by atoms with van der Waals surface area (Å²) in [6.45, 7) is 0. The van der Waals surface area contributed by atoms with Crippen LogP contribution in [0.5, 0.6) is 0 Å². The normalized spacial score (nSPS) is 8.69. The first-order valence-corrected chi connectivity index (χ1v) is 4.90. The van der Waals surface area contributed by atoms with Crippen molar-refractivity contribution in [2.45, 2.75) is 0 Å². The summed E-state index contributed by atoms with van der Waals surface area (Å²) in [5.74, 6) is -0.314. The van der Waals surface area contributed by atoms with E-state index in [-0.39, 0.29) is 5.97 Å². The lowest BCUT2D eigenvalue weighted by molar-refractivity contribution is -0.255. The molecule has 0 bridgehead atoms. The van der Waals surface area contributed by atoms with Crippen LogP contribution in [0.3, 0.4) is 0 Å². The highest BCUT2D eigenvalue weighted by Gasteiger charge is 2.13. The molecule has 1 rings (SSSR count). The van der Waals surface area contributed by atoms with Crippen molar-refractivity contribution in [3.05, 3.63) is 14.7 Å². The van der Waals surface area contributed by atoms with Crippen molar-refractivity contribution < 1.29 is 20.4 Å². The van der Waals surface area contributed by atoms with Gasteiger partial charge in [-0.1, -0.05) is 0 Å². The van der Waals surface area contributed by atoms with Gasteiger partial charge in [-0.15, -0.1) is 11.3 Å². The van der Waals surface area contributed by atoms with Gasteiger partial charge in [0, 0.05) is 13.2 Å². The average molecular weight is 269 g/mol. The second-order valence-corrected chi connectivity index (χ2v) is 4.27. The molecule has 0 aromatic carbocycles. The third-order valence-corrected chi connectivity index (χ3v) is 3.08. The monoisotopic (exact) mass is 268 g/mol. The Balaban J connectivity index is 0.000000671. The molecule has 0 fully saturated rings. The van der Waals surface area contributed by atoms with Gasteiger partial charge >= 0.3 is 5.97 Å². The van der Waals surface area contributed by atoms with E-state index in [2.05, 4.69) is 26.4 Å². The second kappa shape index (κ2) is 6.09. The standard InChI is InChI=1S/C6H6BrNO2S.CH4O/c1-10-6(9)4-2-3(8)5(7)11-4;1-2/h2H,8H2,1H3;2H,1H3/p+1. The number of ether oxygens (including phenoxy) is 1. The van der Waals surface area contributed by atoms with Crippen LogP contribution in [0.15, 0.2) is 9.85 Å². The van der Waals surface area contributed by atoms with Gasteiger partial charge in [0.25, 0.3) is 0 Å². The number of aliphatic hydroxyl groups excluding tert-OH is 1. The first-order chi connectivity index (χ1) is 6.15. The molecule has 0 aliphatic carbocycles. The van der Waals surface area contributed by atoms with E-state index in [1.807, 2.05) is 0 Å². The van der Waals surface area contributed by atoms with Gasteiger partial charge in [-0.3, -0.25) is 0 Å². The molecule has 0 aliphatic rings. The molecule has 0 unspecified atom stereocenters. The molecule has 13 heavy (non-hydrogen) atoms. The Morgan fingerprint density at radius 2 is 2.23 bits per heavy atom. The molecule has 74 valence electrons. The lowest BCUT2D eigenvalue weighted by Crippen LogP contribution is -2.39. The zero-order valence-corrected chi connectivity index (χ0v) is 9.74. The number of rotatable bonds is 1. The van der Waals surface area contributed by atoms with Crippen LogP contribution in [0.25, 0.3) is 0 Å². The molecule has 6 heteroatoms. The Bertz CT molecular complexity index is 268. The van der Waals surface area contributed by atoms with Crippen LogP contribution in [-0.2, 0) is 4.74 Å². The van der Waals surface area contributed by atoms with Crippen molar-refractivity contribution in [2.75, 3.05) is 14.2 Å². The number of thiophene rings is 1. The molecule has 0 saturated heterocycles. The van der Waals surface area contributed by atoms with E-state index in [9.17, 15) is 4.79 Å². The van der Waals surface area contributed by atoms with Crippen molar-refractivity contribution in [3.63, 3.8) is 0 Å². The molecule has 0 radical (unpaired) electrons. The molecule has 0 amide bonds. The number of carbonyl (C=O) groups is 1. The van der Waals surface area contributed by atoms with Gasteiger partial charge in [-0.2, -0.15) is 0 Å². The Hall–Kier alpha value is -0.430. The van der Waals surface area contributed by atoms with Gasteiger partial charge in [0.2, 0.25) is 0 Å². The van der Waals surface area contributed by atoms with E-state index in [4.69, 9.17) is 5.11 Å². The fourth-order valence-electron chi connectivity index (χ4n) is 0.608. The number of hydrogen-bond acceptors (Lipinski definition) is 4. The number of halogens is 1. The predicted octanol–water partition coefficient (Wildman–Crippen LogP) is 0.779. The highest BCUT2D eigenvalue weighted by molar-refractivity contribution is 9.11. The van der Waals surface area contributed by atoms with Crippen LogP contribution in [0.4, 0.5) is 5.69 Å². The Morgan fingerprint density at radius 3 is 2.54 bits per heavy atom. The zero-order chi connectivity index (χ0) is 10.4. The molecule has 4 nitrogen and oxygen atoms in total. The molecular formula is C7H11BrNO3S+. The minimum Gasteiger partial charge on any atom is -0.465 e. The average Bonchev–Trinajstić information content (AvgIpc) is 2.49. The molecule has 0 aliphatic heterocycles. The molecule has 4 N–H and O–H groups in total. The van der Waals surface area contributed by atoms with Crippen molar-refractivity contribution in [3.8, 4) is 0 Å². The number of hydrogen-bond donors (Lipinski definition) is 2. The van der Waals surface area contributed by atoms with E-state index in [0.29, 0.717) is 4.88 Å². The smallest absolute Gasteiger partial charge is 0.348 e. The van der Waals surface area contributed by atoms with Crippen LogP contribution >= 0.6 is 27.3 Å². The summed E-state index contributed by atoms with van der Waals surface area (Å²) >= 11 is 4.59. The van der Waals surface area contributed by atoms with Gasteiger partial charge in [0.15, 0.2) is 5.69 Å². The predicted molar refractivity (Wildman–Crippen MR) is 54.0 cm³/mol. The molecular weight excluding hydrogens is 258 g/mol. The van der Waals surface area contributed by atoms with Crippen molar-refractivity contribution in [2.24, 2.45) is 0 Å². The van der Waals surface area contributed by atoms with Crippen LogP contribution in [0.1, 0.15) is 9.67 Å². The highest BCUT2D eigenvalue weighted by Crippen LogP contribution is 2.29. The lowest BCUT2D eigenvalue weighted by Gasteiger charge is -1.90. The molecule has 1 heterocycles. The van der Waals surface area contributed by atoms with Crippen LogP contribution in [-0.4, -0.2) is 25.3 Å². The lowest BCUT2D eigenvalue weighted by atomic mass is 10.4. The highest BCUT2D eigenvalue weighted by atomic mass is 79.9. The van der Waals surface area contributed by atoms with E-state index in [1.54, 1.807) is 6.07 Å². The minimum atomic E-state index is -0.314. The number of esters is 1. The molecule has 1 aromatic heterocycles. The van der Waals surface area contributed by atoms with Crippen LogP contribution in [0.2, 0.25) is 0 Å². The fourth-order valence-corrected chi connectivity index (χ4v) is 2.00. The summed E-state index contributed by atoms with van der Waals surface area (Å²) in [6.07, 6.45) is 0. The maximum absolute atomic E-state index is 10.9. The summed E-state index contributed by atoms with van der Waals surface area (Å²) < 4.78 is 5.40. The number of carbonyl (C=O) groups excluding carboxylic acids is 1. The number of quaternary nitrogens is 1. The van der Waals surface area contributed by atoms with Crippen LogP contribution < -0.4 is 5.73 Å². The number of aliphatic hydroxyl groups is 1. The topological polar surface area (TPSA) is 74.2 Å². The summed E-state index contributed by atoms with van der Waals surface area (Å²) in [6, 6.07) is 1.70. The second-order valence-electron chi connectivity index (χ2n) is 1.90. The van der Waals surface area contributed by atoms with Crippen LogP contribution in [0, 0.1) is 0 Å². The maximum Gasteiger partial charge on any atom is 0.348 e. The summed E-state index contributed by atoms with van der Waals surface area (Å²) in [4.78, 5) is 11.5. The quantitative estimate of drug-likeness (QED) is 0.740. The largest absolute Gasteiger partial charge is 0.465 e. The summed E-state index contributed by atoms with van der Waals surface area (Å²) in [5, 5.41) is 7.00. The van der Waals surface area contributed by atoms with Crippen molar-refractivity contribution in [1.82, 2.24) is 0 Å². The van der Waals surface area contributed by atoms with E-state index >= 15 is 0 Å². The first kappa shape index (κ1) is 12.6. The van der Waals surface area contributed by atoms with Gasteiger partial charge in [0.1, 0.15) is 8.66 Å². The maximum atomic E-state index is 10.9. The third-order valence-electron chi connectivity index (χ3n) is 1.14. The minimum absolute atomic E-state index is 0.314.